The van der Waals surface area contributed by atoms with Gasteiger partial charge in [0.15, 0.2) is 0 Å². The number of carbonyl (C=O) groups excluding carboxylic acids is 1. The van der Waals surface area contributed by atoms with Gasteiger partial charge in [-0.3, -0.25) is 9.69 Å². The third kappa shape index (κ3) is 6.50. The first-order chi connectivity index (χ1) is 16.0. The van der Waals surface area contributed by atoms with Crippen LogP contribution in [0.4, 0.5) is 0 Å². The number of terminal acetylenes is 1. The van der Waals surface area contributed by atoms with Gasteiger partial charge in [-0.1, -0.05) is 17.5 Å². The molecule has 2 aromatic rings. The summed E-state index contributed by atoms with van der Waals surface area (Å²) in [5, 5.41) is 13.1. The number of halogens is 1. The fourth-order valence-corrected chi connectivity index (χ4v) is 5.26. The van der Waals surface area contributed by atoms with Crippen LogP contribution in [0.25, 0.3) is 0 Å². The third-order valence-electron chi connectivity index (χ3n) is 5.98. The average Bonchev–Trinajstić information content (AvgIpc) is 3.55. The van der Waals surface area contributed by atoms with Crippen LogP contribution in [0, 0.1) is 12.3 Å². The molecule has 0 unspecified atom stereocenters. The summed E-state index contributed by atoms with van der Waals surface area (Å²) in [5.41, 5.74) is 1.16. The van der Waals surface area contributed by atoms with Crippen molar-refractivity contribution in [3.8, 4) is 18.1 Å². The molecule has 0 bridgehead atoms. The quantitative estimate of drug-likeness (QED) is 0.388. The Labute approximate surface area is 204 Å². The summed E-state index contributed by atoms with van der Waals surface area (Å²) in [5.74, 6) is 3.18. The molecule has 6 nitrogen and oxygen atoms in total. The van der Waals surface area contributed by atoms with Crippen molar-refractivity contribution in [2.45, 2.75) is 37.5 Å². The number of ether oxygens (including phenoxy) is 2. The maximum absolute atomic E-state index is 13.5. The van der Waals surface area contributed by atoms with Gasteiger partial charge in [0.1, 0.15) is 19.0 Å². The summed E-state index contributed by atoms with van der Waals surface area (Å²) >= 11 is 7.71. The first-order valence-corrected chi connectivity index (χ1v) is 12.5. The van der Waals surface area contributed by atoms with Crippen LogP contribution in [0.3, 0.4) is 0 Å². The number of rotatable bonds is 11. The maximum atomic E-state index is 13.5. The highest BCUT2D eigenvalue weighted by Gasteiger charge is 2.36. The van der Waals surface area contributed by atoms with Crippen molar-refractivity contribution < 1.29 is 19.4 Å². The number of aliphatic hydroxyl groups excluding tert-OH is 1. The predicted molar refractivity (Wildman–Crippen MR) is 130 cm³/mol. The van der Waals surface area contributed by atoms with E-state index in [0.29, 0.717) is 30.8 Å². The van der Waals surface area contributed by atoms with Gasteiger partial charge in [0.05, 0.1) is 25.3 Å². The van der Waals surface area contributed by atoms with E-state index < -0.39 is 6.10 Å². The Kier molecular flexibility index (Phi) is 8.29. The standard InChI is InChI=1S/C25H29ClN2O4S/c1-2-12-31-16-20(29)14-27(19-5-6-19)15-25(30)28-11-9-24-22(10-13-33-24)23(28)17-32-21-7-3-18(26)4-8-21/h1,3-4,7-8,10,13,19-20,23,29H,5-6,9,11-12,14-17H2/t20-,23-/m0/s1. The van der Waals surface area contributed by atoms with Crippen LogP contribution in [0.5, 0.6) is 5.75 Å². The Morgan fingerprint density at radius 2 is 2.12 bits per heavy atom. The molecule has 4 rings (SSSR count). The van der Waals surface area contributed by atoms with Crippen LogP contribution in [0.15, 0.2) is 35.7 Å². The van der Waals surface area contributed by atoms with Crippen LogP contribution in [0.1, 0.15) is 29.3 Å². The molecule has 1 fully saturated rings. The summed E-state index contributed by atoms with van der Waals surface area (Å²) in [7, 11) is 0. The summed E-state index contributed by atoms with van der Waals surface area (Å²) in [6.07, 6.45) is 7.46. The minimum atomic E-state index is -0.680. The Hall–Kier alpha value is -2.08. The Balaban J connectivity index is 1.41. The van der Waals surface area contributed by atoms with Gasteiger partial charge >= 0.3 is 0 Å². The lowest BCUT2D eigenvalue weighted by Gasteiger charge is -2.37. The minimum absolute atomic E-state index is 0.0557. The summed E-state index contributed by atoms with van der Waals surface area (Å²) in [6.45, 7) is 2.04. The molecule has 1 aromatic carbocycles. The molecule has 0 radical (unpaired) electrons. The van der Waals surface area contributed by atoms with Crippen molar-refractivity contribution in [2.75, 3.05) is 39.5 Å². The molecule has 8 heteroatoms. The zero-order valence-electron chi connectivity index (χ0n) is 18.5. The number of thiophene rings is 1. The Morgan fingerprint density at radius 3 is 2.85 bits per heavy atom. The van der Waals surface area contributed by atoms with Crippen molar-refractivity contribution in [3.63, 3.8) is 0 Å². The molecule has 1 aliphatic carbocycles. The summed E-state index contributed by atoms with van der Waals surface area (Å²) < 4.78 is 11.3. The zero-order valence-corrected chi connectivity index (χ0v) is 20.1. The van der Waals surface area contributed by atoms with Crippen molar-refractivity contribution in [3.05, 3.63) is 51.2 Å². The number of benzene rings is 1. The SMILES string of the molecule is C#CCOC[C@@H](O)CN(CC(=O)N1CCc2sccc2[C@@H]1COc1ccc(Cl)cc1)C1CC1. The van der Waals surface area contributed by atoms with Crippen molar-refractivity contribution in [1.29, 1.82) is 0 Å². The monoisotopic (exact) mass is 488 g/mol. The lowest BCUT2D eigenvalue weighted by Crippen LogP contribution is -2.48. The molecule has 1 aromatic heterocycles. The molecule has 1 N–H and O–H groups in total. The maximum Gasteiger partial charge on any atom is 0.237 e. The number of hydrogen-bond donors (Lipinski definition) is 1. The molecule has 0 saturated heterocycles. The largest absolute Gasteiger partial charge is 0.491 e. The molecule has 2 heterocycles. The lowest BCUT2D eigenvalue weighted by atomic mass is 10.0. The van der Waals surface area contributed by atoms with Crippen molar-refractivity contribution in [2.24, 2.45) is 0 Å². The second-order valence-electron chi connectivity index (χ2n) is 8.45. The highest BCUT2D eigenvalue weighted by atomic mass is 35.5. The molecule has 1 saturated carbocycles. The van der Waals surface area contributed by atoms with E-state index >= 15 is 0 Å². The van der Waals surface area contributed by atoms with Gasteiger partial charge in [0.25, 0.3) is 0 Å². The fraction of sp³-hybridized carbons (Fsp3) is 0.480. The van der Waals surface area contributed by atoms with Gasteiger partial charge < -0.3 is 19.5 Å². The van der Waals surface area contributed by atoms with E-state index in [1.165, 1.54) is 4.88 Å². The third-order valence-corrected chi connectivity index (χ3v) is 7.23. The molecule has 1 amide bonds. The Morgan fingerprint density at radius 1 is 1.33 bits per heavy atom. The fourth-order valence-electron chi connectivity index (χ4n) is 4.20. The molecular weight excluding hydrogens is 460 g/mol. The highest BCUT2D eigenvalue weighted by molar-refractivity contribution is 7.10. The molecule has 0 spiro atoms. The van der Waals surface area contributed by atoms with Gasteiger partial charge in [-0.25, -0.2) is 0 Å². The molecular formula is C25H29ClN2O4S. The topological polar surface area (TPSA) is 62.2 Å². The van der Waals surface area contributed by atoms with Gasteiger partial charge in [-0.2, -0.15) is 0 Å². The average molecular weight is 489 g/mol. The molecule has 176 valence electrons. The summed E-state index contributed by atoms with van der Waals surface area (Å²) in [6, 6.07) is 9.55. The Bertz CT molecular complexity index is 970. The van der Waals surface area contributed by atoms with E-state index in [9.17, 15) is 9.90 Å². The van der Waals surface area contributed by atoms with Gasteiger partial charge in [-0.15, -0.1) is 17.8 Å². The number of amides is 1. The molecule has 2 atom stereocenters. The van der Waals surface area contributed by atoms with Crippen molar-refractivity contribution in [1.82, 2.24) is 9.80 Å². The van der Waals surface area contributed by atoms with Gasteiger partial charge in [-0.05, 0) is 60.5 Å². The first-order valence-electron chi connectivity index (χ1n) is 11.2. The predicted octanol–water partition coefficient (Wildman–Crippen LogP) is 3.38. The molecule has 2 aliphatic rings. The van der Waals surface area contributed by atoms with Crippen LogP contribution >= 0.6 is 22.9 Å². The van der Waals surface area contributed by atoms with E-state index in [2.05, 4.69) is 22.3 Å². The van der Waals surface area contributed by atoms with E-state index in [-0.39, 0.29) is 31.7 Å². The second kappa shape index (κ2) is 11.4. The number of carbonyl (C=O) groups is 1. The molecule has 1 aliphatic heterocycles. The number of aliphatic hydroxyl groups is 1. The smallest absolute Gasteiger partial charge is 0.237 e. The van der Waals surface area contributed by atoms with Crippen LogP contribution in [-0.4, -0.2) is 72.4 Å². The van der Waals surface area contributed by atoms with E-state index in [1.807, 2.05) is 17.0 Å². The highest BCUT2D eigenvalue weighted by Crippen LogP contribution is 2.35. The van der Waals surface area contributed by atoms with Gasteiger partial charge in [0, 0.05) is 29.0 Å². The van der Waals surface area contributed by atoms with E-state index in [4.69, 9.17) is 27.5 Å². The van der Waals surface area contributed by atoms with Crippen LogP contribution in [0.2, 0.25) is 5.02 Å². The van der Waals surface area contributed by atoms with Crippen LogP contribution in [-0.2, 0) is 16.0 Å². The van der Waals surface area contributed by atoms with Crippen molar-refractivity contribution >= 4 is 28.8 Å². The van der Waals surface area contributed by atoms with E-state index in [1.54, 1.807) is 23.5 Å². The summed E-state index contributed by atoms with van der Waals surface area (Å²) in [4.78, 5) is 18.8. The number of nitrogens with zero attached hydrogens (tertiary/aromatic N) is 2. The number of fused-ring (bicyclic) bond motifs is 1. The van der Waals surface area contributed by atoms with Crippen LogP contribution < -0.4 is 4.74 Å². The zero-order chi connectivity index (χ0) is 23.2. The second-order valence-corrected chi connectivity index (χ2v) is 9.89. The minimum Gasteiger partial charge on any atom is -0.491 e. The molecule has 33 heavy (non-hydrogen) atoms. The van der Waals surface area contributed by atoms with Gasteiger partial charge in [0.2, 0.25) is 5.91 Å². The first kappa shape index (κ1) is 24.1. The normalized spacial score (nSPS) is 18.6. The van der Waals surface area contributed by atoms with E-state index in [0.717, 1.165) is 30.6 Å². The number of hydrogen-bond acceptors (Lipinski definition) is 6. The lowest BCUT2D eigenvalue weighted by molar-refractivity contribution is -0.136.